The van der Waals surface area contributed by atoms with Crippen LogP contribution in [0.25, 0.3) is 0 Å². The van der Waals surface area contributed by atoms with Crippen molar-refractivity contribution < 1.29 is 0 Å². The molecule has 3 heteroatoms. The van der Waals surface area contributed by atoms with Crippen molar-refractivity contribution in [1.29, 1.82) is 0 Å². The summed E-state index contributed by atoms with van der Waals surface area (Å²) in [4.78, 5) is 3.89. The monoisotopic (exact) mass is 158 g/mol. The fourth-order valence-electron chi connectivity index (χ4n) is 0.716. The van der Waals surface area contributed by atoms with E-state index in [0.29, 0.717) is 6.54 Å². The van der Waals surface area contributed by atoms with Crippen LogP contribution in [0.2, 0.25) is 0 Å². The lowest BCUT2D eigenvalue weighted by Crippen LogP contribution is -2.02. The van der Waals surface area contributed by atoms with Crippen molar-refractivity contribution in [2.75, 3.05) is 6.54 Å². The first-order valence-electron chi connectivity index (χ1n) is 3.02. The first-order valence-corrected chi connectivity index (χ1v) is 3.02. The summed E-state index contributed by atoms with van der Waals surface area (Å²) in [6, 6.07) is 3.96. The lowest BCUT2D eigenvalue weighted by atomic mass is 10.2. The van der Waals surface area contributed by atoms with Gasteiger partial charge in [-0.15, -0.1) is 12.4 Å². The maximum atomic E-state index is 5.34. The van der Waals surface area contributed by atoms with Crippen LogP contribution in [0, 0.1) is 0 Å². The van der Waals surface area contributed by atoms with E-state index in [-0.39, 0.29) is 12.4 Å². The van der Waals surface area contributed by atoms with Gasteiger partial charge < -0.3 is 5.73 Å². The number of nitrogens with two attached hydrogens (primary N) is 1. The molecule has 0 aromatic carbocycles. The maximum absolute atomic E-state index is 5.34. The summed E-state index contributed by atoms with van der Waals surface area (Å²) >= 11 is 0. The van der Waals surface area contributed by atoms with E-state index in [1.54, 1.807) is 12.4 Å². The van der Waals surface area contributed by atoms with Crippen LogP contribution in [-0.4, -0.2) is 11.5 Å². The molecule has 1 heterocycles. The first-order chi connectivity index (χ1) is 4.43. The van der Waals surface area contributed by atoms with Gasteiger partial charge >= 0.3 is 0 Å². The Morgan fingerprint density at radius 3 is 2.40 bits per heavy atom. The Morgan fingerprint density at radius 2 is 1.90 bits per heavy atom. The Kier molecular flexibility index (Phi) is 4.89. The molecule has 0 aliphatic carbocycles. The van der Waals surface area contributed by atoms with Gasteiger partial charge in [0.2, 0.25) is 0 Å². The van der Waals surface area contributed by atoms with Gasteiger partial charge in [-0.3, -0.25) is 4.98 Å². The third-order valence-electron chi connectivity index (χ3n) is 1.18. The molecule has 0 saturated carbocycles. The van der Waals surface area contributed by atoms with Crippen LogP contribution in [0.4, 0.5) is 0 Å². The molecule has 0 saturated heterocycles. The summed E-state index contributed by atoms with van der Waals surface area (Å²) in [5.74, 6) is 0. The predicted octanol–water partition coefficient (Wildman–Crippen LogP) is 1.00. The second-order valence-electron chi connectivity index (χ2n) is 1.89. The second-order valence-corrected chi connectivity index (χ2v) is 1.89. The zero-order valence-electron chi connectivity index (χ0n) is 5.66. The van der Waals surface area contributed by atoms with E-state index in [0.717, 1.165) is 6.42 Å². The van der Waals surface area contributed by atoms with Crippen LogP contribution in [0.5, 0.6) is 0 Å². The second kappa shape index (κ2) is 5.21. The van der Waals surface area contributed by atoms with E-state index in [1.807, 2.05) is 12.1 Å². The minimum Gasteiger partial charge on any atom is -0.330 e. The smallest absolute Gasteiger partial charge is 0.0270 e. The molecule has 0 bridgehead atoms. The minimum atomic E-state index is 0. The average molecular weight is 159 g/mol. The Labute approximate surface area is 66.9 Å². The standard InChI is InChI=1S/C7H10N2.ClH/c8-4-1-7-2-5-9-6-3-7;/h2-3,5-6H,1,4,8H2;1H. The SMILES string of the molecule is Cl.NCCc1ccncc1. The molecule has 0 atom stereocenters. The highest BCUT2D eigenvalue weighted by molar-refractivity contribution is 5.85. The number of halogens is 1. The van der Waals surface area contributed by atoms with E-state index in [2.05, 4.69) is 4.98 Å². The third-order valence-corrected chi connectivity index (χ3v) is 1.18. The van der Waals surface area contributed by atoms with Gasteiger partial charge in [0.25, 0.3) is 0 Å². The Hall–Kier alpha value is -0.600. The molecular weight excluding hydrogens is 148 g/mol. The molecule has 10 heavy (non-hydrogen) atoms. The molecular formula is C7H11ClN2. The van der Waals surface area contributed by atoms with Crippen molar-refractivity contribution >= 4 is 12.4 Å². The highest BCUT2D eigenvalue weighted by atomic mass is 35.5. The van der Waals surface area contributed by atoms with Crippen LogP contribution in [0.3, 0.4) is 0 Å². The van der Waals surface area contributed by atoms with Crippen molar-refractivity contribution in [2.45, 2.75) is 6.42 Å². The van der Waals surface area contributed by atoms with Gasteiger partial charge in [-0.1, -0.05) is 0 Å². The van der Waals surface area contributed by atoms with Crippen LogP contribution in [0.15, 0.2) is 24.5 Å². The van der Waals surface area contributed by atoms with Gasteiger partial charge in [0.05, 0.1) is 0 Å². The summed E-state index contributed by atoms with van der Waals surface area (Å²) in [6.45, 7) is 0.712. The van der Waals surface area contributed by atoms with E-state index in [4.69, 9.17) is 5.73 Å². The average Bonchev–Trinajstić information content (AvgIpc) is 1.91. The fourth-order valence-corrected chi connectivity index (χ4v) is 0.716. The summed E-state index contributed by atoms with van der Waals surface area (Å²) in [6.07, 6.45) is 4.51. The van der Waals surface area contributed by atoms with Gasteiger partial charge in [0, 0.05) is 12.4 Å². The molecule has 1 aromatic heterocycles. The molecule has 0 spiro atoms. The summed E-state index contributed by atoms with van der Waals surface area (Å²) in [5.41, 5.74) is 6.60. The van der Waals surface area contributed by atoms with E-state index in [9.17, 15) is 0 Å². The van der Waals surface area contributed by atoms with Gasteiger partial charge in [0.15, 0.2) is 0 Å². The highest BCUT2D eigenvalue weighted by Gasteiger charge is 1.85. The zero-order valence-corrected chi connectivity index (χ0v) is 6.47. The van der Waals surface area contributed by atoms with Crippen LogP contribution < -0.4 is 5.73 Å². The number of hydrogen-bond acceptors (Lipinski definition) is 2. The van der Waals surface area contributed by atoms with Gasteiger partial charge in [-0.25, -0.2) is 0 Å². The van der Waals surface area contributed by atoms with E-state index < -0.39 is 0 Å². The number of pyridine rings is 1. The van der Waals surface area contributed by atoms with Crippen LogP contribution in [-0.2, 0) is 6.42 Å². The van der Waals surface area contributed by atoms with Crippen molar-refractivity contribution in [3.63, 3.8) is 0 Å². The van der Waals surface area contributed by atoms with Crippen molar-refractivity contribution in [2.24, 2.45) is 5.73 Å². The number of nitrogens with zero attached hydrogens (tertiary/aromatic N) is 1. The molecule has 0 aliphatic rings. The predicted molar refractivity (Wildman–Crippen MR) is 44.2 cm³/mol. The molecule has 0 amide bonds. The largest absolute Gasteiger partial charge is 0.330 e. The molecule has 56 valence electrons. The number of rotatable bonds is 2. The van der Waals surface area contributed by atoms with Gasteiger partial charge in [-0.2, -0.15) is 0 Å². The quantitative estimate of drug-likeness (QED) is 0.698. The zero-order chi connectivity index (χ0) is 6.53. The lowest BCUT2D eigenvalue weighted by Gasteiger charge is -1.93. The number of hydrogen-bond donors (Lipinski definition) is 1. The highest BCUT2D eigenvalue weighted by Crippen LogP contribution is 1.94. The Bertz CT molecular complexity index is 165. The third kappa shape index (κ3) is 2.80. The molecule has 1 aromatic rings. The van der Waals surface area contributed by atoms with Gasteiger partial charge in [-0.05, 0) is 30.7 Å². The minimum absolute atomic E-state index is 0. The van der Waals surface area contributed by atoms with Crippen molar-refractivity contribution in [3.05, 3.63) is 30.1 Å². The van der Waals surface area contributed by atoms with Crippen molar-refractivity contribution in [1.82, 2.24) is 4.98 Å². The molecule has 0 radical (unpaired) electrons. The molecule has 2 nitrogen and oxygen atoms in total. The van der Waals surface area contributed by atoms with Crippen molar-refractivity contribution in [3.8, 4) is 0 Å². The first kappa shape index (κ1) is 9.40. The van der Waals surface area contributed by atoms with Crippen LogP contribution in [0.1, 0.15) is 5.56 Å². The van der Waals surface area contributed by atoms with E-state index >= 15 is 0 Å². The fraction of sp³-hybridized carbons (Fsp3) is 0.286. The molecule has 2 N–H and O–H groups in total. The van der Waals surface area contributed by atoms with E-state index in [1.165, 1.54) is 5.56 Å². The molecule has 0 unspecified atom stereocenters. The topological polar surface area (TPSA) is 38.9 Å². The summed E-state index contributed by atoms with van der Waals surface area (Å²) < 4.78 is 0. The normalized spacial score (nSPS) is 8.50. The summed E-state index contributed by atoms with van der Waals surface area (Å²) in [7, 11) is 0. The number of aromatic nitrogens is 1. The molecule has 0 fully saturated rings. The Balaban J connectivity index is 0.000000810. The molecule has 0 aliphatic heterocycles. The Morgan fingerprint density at radius 1 is 1.30 bits per heavy atom. The summed E-state index contributed by atoms with van der Waals surface area (Å²) in [5, 5.41) is 0. The van der Waals surface area contributed by atoms with Gasteiger partial charge in [0.1, 0.15) is 0 Å². The maximum Gasteiger partial charge on any atom is 0.0270 e. The molecule has 1 rings (SSSR count). The lowest BCUT2D eigenvalue weighted by molar-refractivity contribution is 0.964. The van der Waals surface area contributed by atoms with Crippen LogP contribution >= 0.6 is 12.4 Å².